The predicted octanol–water partition coefficient (Wildman–Crippen LogP) is 4.28. The minimum absolute atomic E-state index is 0.0134. The van der Waals surface area contributed by atoms with Gasteiger partial charge in [-0.2, -0.15) is 4.31 Å². The summed E-state index contributed by atoms with van der Waals surface area (Å²) in [5, 5.41) is 0. The van der Waals surface area contributed by atoms with Crippen molar-refractivity contribution in [3.8, 4) is 5.75 Å². The monoisotopic (exact) mass is 486 g/mol. The highest BCUT2D eigenvalue weighted by Gasteiger charge is 2.27. The number of benzene rings is 1. The van der Waals surface area contributed by atoms with Gasteiger partial charge in [0.05, 0.1) is 16.6 Å². The van der Waals surface area contributed by atoms with Crippen LogP contribution in [0, 0.1) is 0 Å². The number of nitrogens with zero attached hydrogens (tertiary/aromatic N) is 1. The van der Waals surface area contributed by atoms with Crippen molar-refractivity contribution in [3.05, 3.63) is 32.9 Å². The molecule has 0 aliphatic heterocycles. The van der Waals surface area contributed by atoms with Crippen molar-refractivity contribution < 1.29 is 21.6 Å². The summed E-state index contributed by atoms with van der Waals surface area (Å²) in [4.78, 5) is -0.293. The van der Waals surface area contributed by atoms with Gasteiger partial charge in [-0.1, -0.05) is 37.0 Å². The van der Waals surface area contributed by atoms with Gasteiger partial charge in [-0.3, -0.25) is 4.72 Å². The molecule has 0 fully saturated rings. The number of anilines is 1. The Morgan fingerprint density at radius 2 is 1.68 bits per heavy atom. The van der Waals surface area contributed by atoms with Crippen molar-refractivity contribution in [2.45, 2.75) is 30.6 Å². The second kappa shape index (κ2) is 9.19. The zero-order valence-corrected chi connectivity index (χ0v) is 19.4. The zero-order valence-electron chi connectivity index (χ0n) is 15.4. The lowest BCUT2D eigenvalue weighted by Crippen LogP contribution is -2.31. The van der Waals surface area contributed by atoms with Gasteiger partial charge in [0.25, 0.3) is 10.0 Å². The van der Waals surface area contributed by atoms with E-state index in [4.69, 9.17) is 27.9 Å². The van der Waals surface area contributed by atoms with E-state index < -0.39 is 20.0 Å². The fourth-order valence-electron chi connectivity index (χ4n) is 2.47. The first kappa shape index (κ1) is 23.2. The van der Waals surface area contributed by atoms with Crippen LogP contribution in [0.3, 0.4) is 0 Å². The molecule has 0 aliphatic carbocycles. The van der Waals surface area contributed by atoms with Gasteiger partial charge in [0.15, 0.2) is 0 Å². The average Bonchev–Trinajstić information content (AvgIpc) is 2.96. The third kappa shape index (κ3) is 4.92. The predicted molar refractivity (Wildman–Crippen MR) is 113 cm³/mol. The van der Waals surface area contributed by atoms with E-state index >= 15 is 0 Å². The molecule has 0 saturated carbocycles. The molecule has 28 heavy (non-hydrogen) atoms. The first-order valence-corrected chi connectivity index (χ1v) is 12.8. The van der Waals surface area contributed by atoms with Crippen LogP contribution in [0.1, 0.15) is 20.8 Å². The van der Waals surface area contributed by atoms with Crippen molar-refractivity contribution in [3.63, 3.8) is 0 Å². The van der Waals surface area contributed by atoms with Crippen LogP contribution < -0.4 is 9.46 Å². The molecule has 2 aromatic rings. The summed E-state index contributed by atoms with van der Waals surface area (Å²) in [5.41, 5.74) is 0.0626. The lowest BCUT2D eigenvalue weighted by atomic mass is 10.3. The van der Waals surface area contributed by atoms with Crippen LogP contribution in [0.15, 0.2) is 34.1 Å². The smallest absolute Gasteiger partial charge is 0.264 e. The van der Waals surface area contributed by atoms with E-state index in [1.165, 1.54) is 28.6 Å². The minimum Gasteiger partial charge on any atom is -0.492 e. The van der Waals surface area contributed by atoms with E-state index in [9.17, 15) is 16.8 Å². The molecule has 0 amide bonds. The number of hydrogen-bond acceptors (Lipinski definition) is 6. The van der Waals surface area contributed by atoms with Gasteiger partial charge >= 0.3 is 0 Å². The molecule has 1 aromatic heterocycles. The third-order valence-corrected chi connectivity index (χ3v) is 8.94. The van der Waals surface area contributed by atoms with Gasteiger partial charge in [0.1, 0.15) is 19.9 Å². The summed E-state index contributed by atoms with van der Waals surface area (Å²) < 4.78 is 60.4. The van der Waals surface area contributed by atoms with Crippen LogP contribution in [-0.4, -0.2) is 40.8 Å². The average molecular weight is 487 g/mol. The number of sulfonamides is 2. The first-order valence-electron chi connectivity index (χ1n) is 8.31. The van der Waals surface area contributed by atoms with E-state index in [0.717, 1.165) is 11.3 Å². The van der Waals surface area contributed by atoms with E-state index in [1.807, 2.05) is 0 Å². The Balaban J connectivity index is 2.52. The summed E-state index contributed by atoms with van der Waals surface area (Å²) in [6, 6.07) is 5.31. The molecule has 1 N–H and O–H groups in total. The molecule has 7 nitrogen and oxygen atoms in total. The Morgan fingerprint density at radius 3 is 2.18 bits per heavy atom. The van der Waals surface area contributed by atoms with Gasteiger partial charge < -0.3 is 4.74 Å². The van der Waals surface area contributed by atoms with Crippen molar-refractivity contribution in [1.29, 1.82) is 0 Å². The van der Waals surface area contributed by atoms with Crippen LogP contribution in [0.25, 0.3) is 0 Å². The second-order valence-corrected chi connectivity index (χ2v) is 11.3. The standard InChI is InChI=1S/C16H20Cl2N2O5S3/c1-4-20(5-2)28(23,24)13-9-11(7-8-12(13)25-6-3)19-27(21,22)14-10-15(17)26-16(14)18/h7-10,19H,4-6H2,1-3H3. The Kier molecular flexibility index (Phi) is 7.62. The molecule has 1 heterocycles. The van der Waals surface area contributed by atoms with Gasteiger partial charge in [-0.05, 0) is 31.2 Å². The van der Waals surface area contributed by atoms with Crippen molar-refractivity contribution in [2.75, 3.05) is 24.4 Å². The molecule has 0 bridgehead atoms. The molecule has 0 spiro atoms. The second-order valence-electron chi connectivity index (χ2n) is 5.48. The molecule has 0 radical (unpaired) electrons. The highest BCUT2D eigenvalue weighted by molar-refractivity contribution is 7.93. The summed E-state index contributed by atoms with van der Waals surface area (Å²) in [7, 11) is -7.92. The molecule has 0 atom stereocenters. The maximum atomic E-state index is 13.0. The highest BCUT2D eigenvalue weighted by Crippen LogP contribution is 2.36. The number of rotatable bonds is 9. The number of halogens is 2. The van der Waals surface area contributed by atoms with E-state index in [1.54, 1.807) is 20.8 Å². The molecule has 0 unspecified atom stereocenters. The Hall–Kier alpha value is -1.04. The summed E-state index contributed by atoms with van der Waals surface area (Å²) in [5.74, 6) is 0.147. The van der Waals surface area contributed by atoms with Crippen LogP contribution in [0.2, 0.25) is 8.67 Å². The highest BCUT2D eigenvalue weighted by atomic mass is 35.5. The molecule has 2 rings (SSSR count). The maximum absolute atomic E-state index is 13.0. The van der Waals surface area contributed by atoms with Crippen molar-refractivity contribution >= 4 is 60.3 Å². The lowest BCUT2D eigenvalue weighted by molar-refractivity contribution is 0.329. The van der Waals surface area contributed by atoms with Gasteiger partial charge in [-0.15, -0.1) is 11.3 Å². The quantitative estimate of drug-likeness (QED) is 0.570. The van der Waals surface area contributed by atoms with Gasteiger partial charge in [0.2, 0.25) is 10.0 Å². The van der Waals surface area contributed by atoms with Crippen LogP contribution in [-0.2, 0) is 20.0 Å². The fourth-order valence-corrected chi connectivity index (χ4v) is 7.28. The molecule has 0 aliphatic rings. The van der Waals surface area contributed by atoms with E-state index in [0.29, 0.717) is 0 Å². The molecule has 0 saturated heterocycles. The number of nitrogens with one attached hydrogen (secondary N) is 1. The summed E-state index contributed by atoms with van der Waals surface area (Å²) in [6.45, 7) is 5.96. The SMILES string of the molecule is CCOc1ccc(NS(=O)(=O)c2cc(Cl)sc2Cl)cc1S(=O)(=O)N(CC)CC. The number of ether oxygens (including phenoxy) is 1. The summed E-state index contributed by atoms with van der Waals surface area (Å²) in [6.07, 6.45) is 0. The normalized spacial score (nSPS) is 12.4. The fraction of sp³-hybridized carbons (Fsp3) is 0.375. The molecular weight excluding hydrogens is 467 g/mol. The van der Waals surface area contributed by atoms with E-state index in [2.05, 4.69) is 4.72 Å². The topological polar surface area (TPSA) is 92.8 Å². The van der Waals surface area contributed by atoms with Crippen molar-refractivity contribution in [1.82, 2.24) is 4.31 Å². The Bertz CT molecular complexity index is 1050. The number of hydrogen-bond donors (Lipinski definition) is 1. The summed E-state index contributed by atoms with van der Waals surface area (Å²) >= 11 is 12.7. The minimum atomic E-state index is -4.05. The van der Waals surface area contributed by atoms with Gasteiger partial charge in [0, 0.05) is 13.1 Å². The zero-order chi connectivity index (χ0) is 21.1. The lowest BCUT2D eigenvalue weighted by Gasteiger charge is -2.21. The van der Waals surface area contributed by atoms with Gasteiger partial charge in [-0.25, -0.2) is 16.8 Å². The molecular formula is C16H20Cl2N2O5S3. The van der Waals surface area contributed by atoms with Crippen molar-refractivity contribution in [2.24, 2.45) is 0 Å². The Morgan fingerprint density at radius 1 is 1.04 bits per heavy atom. The molecule has 1 aromatic carbocycles. The van der Waals surface area contributed by atoms with Crippen LogP contribution in [0.4, 0.5) is 5.69 Å². The number of thiophene rings is 1. The largest absolute Gasteiger partial charge is 0.492 e. The maximum Gasteiger partial charge on any atom is 0.264 e. The third-order valence-electron chi connectivity index (χ3n) is 3.73. The molecule has 12 heteroatoms. The van der Waals surface area contributed by atoms with Crippen LogP contribution in [0.5, 0.6) is 5.75 Å². The van der Waals surface area contributed by atoms with E-state index in [-0.39, 0.29) is 49.6 Å². The van der Waals surface area contributed by atoms with Crippen LogP contribution >= 0.6 is 34.5 Å². The Labute approximate surface area is 179 Å². The molecule has 156 valence electrons. The first-order chi connectivity index (χ1) is 13.1.